The zero-order valence-corrected chi connectivity index (χ0v) is 30.4. The molecule has 1 aromatic heterocycles. The summed E-state index contributed by atoms with van der Waals surface area (Å²) in [6.07, 6.45) is 10.3. The summed E-state index contributed by atoms with van der Waals surface area (Å²) in [5, 5.41) is 11.4. The zero-order valence-electron chi connectivity index (χ0n) is 30.4. The smallest absolute Gasteiger partial charge is 0.167 e. The Hall–Kier alpha value is -5.29. The minimum atomic E-state index is 0.0911. The lowest BCUT2D eigenvalue weighted by molar-refractivity contribution is 0.205. The Balaban J connectivity index is 1.16. The highest BCUT2D eigenvalue weighted by molar-refractivity contribution is 5.73. The minimum absolute atomic E-state index is 0.0911. The third kappa shape index (κ3) is 8.42. The molecule has 0 bridgehead atoms. The Morgan fingerprint density at radius 3 is 1.62 bits per heavy atom. The predicted molar refractivity (Wildman–Crippen MR) is 213 cm³/mol. The van der Waals surface area contributed by atoms with Crippen molar-refractivity contribution in [1.82, 2.24) is 15.0 Å². The largest absolute Gasteiger partial charge is 0.507 e. The summed E-state index contributed by atoms with van der Waals surface area (Å²) in [5.41, 5.74) is 6.82. The third-order valence-electron chi connectivity index (χ3n) is 10.8. The molecule has 0 aliphatic heterocycles. The second kappa shape index (κ2) is 16.8. The predicted octanol–water partition coefficient (Wildman–Crippen LogP) is 12.3. The number of hydrogen-bond donors (Lipinski definition) is 1. The number of benzene rings is 5. The number of aromatic hydroxyl groups is 1. The van der Waals surface area contributed by atoms with Gasteiger partial charge in [0.1, 0.15) is 11.5 Å². The maximum Gasteiger partial charge on any atom is 0.167 e. The minimum Gasteiger partial charge on any atom is -0.507 e. The lowest BCUT2D eigenvalue weighted by atomic mass is 9.91. The highest BCUT2D eigenvalue weighted by Crippen LogP contribution is 2.42. The molecule has 5 aromatic carbocycles. The van der Waals surface area contributed by atoms with Crippen molar-refractivity contribution in [2.45, 2.75) is 65.2 Å². The molecule has 3 atom stereocenters. The molecular weight excluding hydrogens is 639 g/mol. The molecule has 5 heteroatoms. The zero-order chi connectivity index (χ0) is 35.7. The molecule has 1 fully saturated rings. The molecule has 0 saturated heterocycles. The highest BCUT2D eigenvalue weighted by atomic mass is 16.5. The Labute approximate surface area is 308 Å². The van der Waals surface area contributed by atoms with Gasteiger partial charge in [-0.25, -0.2) is 15.0 Å². The molecular formula is C47H49N3O2. The number of ether oxygens (including phenoxy) is 1. The van der Waals surface area contributed by atoms with Gasteiger partial charge in [0.05, 0.1) is 12.2 Å². The summed E-state index contributed by atoms with van der Waals surface area (Å²) in [7, 11) is 0. The number of hydrogen-bond acceptors (Lipinski definition) is 5. The molecule has 1 heterocycles. The van der Waals surface area contributed by atoms with Gasteiger partial charge in [0.2, 0.25) is 0 Å². The van der Waals surface area contributed by atoms with Crippen LogP contribution in [0.1, 0.15) is 65.2 Å². The molecule has 264 valence electrons. The van der Waals surface area contributed by atoms with E-state index in [1.807, 2.05) is 72.8 Å². The van der Waals surface area contributed by atoms with Crippen molar-refractivity contribution in [3.63, 3.8) is 0 Å². The van der Waals surface area contributed by atoms with Crippen LogP contribution in [0.2, 0.25) is 0 Å². The van der Waals surface area contributed by atoms with Gasteiger partial charge in [0.25, 0.3) is 0 Å². The first-order valence-electron chi connectivity index (χ1n) is 19.1. The van der Waals surface area contributed by atoms with Crippen LogP contribution in [0.5, 0.6) is 11.5 Å². The van der Waals surface area contributed by atoms with Crippen LogP contribution in [-0.4, -0.2) is 26.7 Å². The first-order chi connectivity index (χ1) is 25.6. The topological polar surface area (TPSA) is 68.1 Å². The normalized spacial score (nSPS) is 16.9. The van der Waals surface area contributed by atoms with E-state index in [2.05, 4.69) is 62.4 Å². The van der Waals surface area contributed by atoms with Crippen molar-refractivity contribution in [2.75, 3.05) is 6.61 Å². The fourth-order valence-corrected chi connectivity index (χ4v) is 7.69. The van der Waals surface area contributed by atoms with Crippen molar-refractivity contribution in [2.24, 2.45) is 17.8 Å². The molecule has 1 aliphatic rings. The van der Waals surface area contributed by atoms with Crippen molar-refractivity contribution in [1.29, 1.82) is 0 Å². The number of rotatable bonds is 14. The Morgan fingerprint density at radius 1 is 0.558 bits per heavy atom. The summed E-state index contributed by atoms with van der Waals surface area (Å²) < 4.78 is 6.38. The Bertz CT molecular complexity index is 1930. The summed E-state index contributed by atoms with van der Waals surface area (Å²) in [6, 6.07) is 42.7. The van der Waals surface area contributed by atoms with Crippen LogP contribution in [0.25, 0.3) is 56.4 Å². The molecule has 5 nitrogen and oxygen atoms in total. The van der Waals surface area contributed by atoms with Crippen LogP contribution >= 0.6 is 0 Å². The van der Waals surface area contributed by atoms with Crippen LogP contribution in [0.15, 0.2) is 127 Å². The molecule has 1 N–H and O–H groups in total. The van der Waals surface area contributed by atoms with Gasteiger partial charge in [-0.3, -0.25) is 0 Å². The van der Waals surface area contributed by atoms with Gasteiger partial charge in [0.15, 0.2) is 17.5 Å². The van der Waals surface area contributed by atoms with Crippen LogP contribution in [0.3, 0.4) is 0 Å². The van der Waals surface area contributed by atoms with E-state index in [0.29, 0.717) is 41.3 Å². The van der Waals surface area contributed by atoms with E-state index >= 15 is 0 Å². The summed E-state index contributed by atoms with van der Waals surface area (Å²) in [5.74, 6) is 4.34. The molecule has 0 spiro atoms. The Kier molecular flexibility index (Phi) is 11.4. The summed E-state index contributed by atoms with van der Waals surface area (Å²) in [6.45, 7) is 5.27. The van der Waals surface area contributed by atoms with Crippen molar-refractivity contribution >= 4 is 0 Å². The lowest BCUT2D eigenvalue weighted by Crippen LogP contribution is -2.16. The number of unbranched alkanes of at least 4 members (excludes halogenated alkanes) is 3. The Morgan fingerprint density at radius 2 is 1.08 bits per heavy atom. The molecule has 7 rings (SSSR count). The van der Waals surface area contributed by atoms with Crippen molar-refractivity contribution in [3.05, 3.63) is 127 Å². The van der Waals surface area contributed by atoms with Gasteiger partial charge in [-0.15, -0.1) is 0 Å². The number of phenols is 1. The average Bonchev–Trinajstić information content (AvgIpc) is 3.61. The number of phenolic OH excluding ortho intramolecular Hbond substituents is 1. The van der Waals surface area contributed by atoms with E-state index in [1.54, 1.807) is 6.07 Å². The monoisotopic (exact) mass is 687 g/mol. The van der Waals surface area contributed by atoms with Gasteiger partial charge in [0, 0.05) is 17.2 Å². The molecule has 1 aliphatic carbocycles. The van der Waals surface area contributed by atoms with E-state index in [-0.39, 0.29) is 5.75 Å². The van der Waals surface area contributed by atoms with Gasteiger partial charge < -0.3 is 9.84 Å². The van der Waals surface area contributed by atoms with Crippen molar-refractivity contribution < 1.29 is 9.84 Å². The van der Waals surface area contributed by atoms with Crippen molar-refractivity contribution in [3.8, 4) is 67.9 Å². The lowest BCUT2D eigenvalue weighted by Gasteiger charge is -2.20. The van der Waals surface area contributed by atoms with E-state index in [4.69, 9.17) is 19.7 Å². The molecule has 0 radical (unpaired) electrons. The first kappa shape index (κ1) is 35.1. The number of aromatic nitrogens is 3. The van der Waals surface area contributed by atoms with Crippen LogP contribution in [0, 0.1) is 17.8 Å². The SMILES string of the molecule is CCCCCCC1CC(CC)CC1COc1ccc(-c2nc(-c3ccc(-c4ccccc4)cc3)nc(-c3ccc(-c4ccccc4)cc3)n2)c(O)c1. The quantitative estimate of drug-likeness (QED) is 0.115. The standard InChI is InChI=1S/C47H49N3O2/c1-3-5-6-9-18-40-29-33(4-2)30-41(40)32-52-42-27-28-43(44(51)31-42)47-49-45(38-23-19-36(20-24-38)34-14-10-7-11-15-34)48-46(50-47)39-25-21-37(22-26-39)35-16-12-8-13-17-35/h7-8,10-17,19-28,31,33,40-41,51H,3-6,9,18,29-30,32H2,1-2H3. The third-order valence-corrected chi connectivity index (χ3v) is 10.8. The van der Waals surface area contributed by atoms with E-state index in [1.165, 1.54) is 51.4 Å². The van der Waals surface area contributed by atoms with Crippen LogP contribution in [-0.2, 0) is 0 Å². The summed E-state index contributed by atoms with van der Waals surface area (Å²) >= 11 is 0. The van der Waals surface area contributed by atoms with Gasteiger partial charge in [-0.1, -0.05) is 162 Å². The van der Waals surface area contributed by atoms with Gasteiger partial charge in [-0.2, -0.15) is 0 Å². The fraction of sp³-hybridized carbons (Fsp3) is 0.298. The van der Waals surface area contributed by atoms with Gasteiger partial charge in [-0.05, 0) is 65.0 Å². The fourth-order valence-electron chi connectivity index (χ4n) is 7.69. The molecule has 0 amide bonds. The second-order valence-corrected chi connectivity index (χ2v) is 14.3. The highest BCUT2D eigenvalue weighted by Gasteiger charge is 2.33. The molecule has 6 aromatic rings. The molecule has 1 saturated carbocycles. The maximum atomic E-state index is 11.4. The average molecular weight is 688 g/mol. The van der Waals surface area contributed by atoms with E-state index in [0.717, 1.165) is 45.2 Å². The van der Waals surface area contributed by atoms with E-state index in [9.17, 15) is 5.11 Å². The molecule has 3 unspecified atom stereocenters. The second-order valence-electron chi connectivity index (χ2n) is 14.3. The summed E-state index contributed by atoms with van der Waals surface area (Å²) in [4.78, 5) is 14.8. The first-order valence-corrected chi connectivity index (χ1v) is 19.1. The van der Waals surface area contributed by atoms with Crippen LogP contribution in [0.4, 0.5) is 0 Å². The van der Waals surface area contributed by atoms with E-state index < -0.39 is 0 Å². The molecule has 52 heavy (non-hydrogen) atoms. The maximum absolute atomic E-state index is 11.4. The number of nitrogens with zero attached hydrogens (tertiary/aromatic N) is 3. The van der Waals surface area contributed by atoms with Crippen LogP contribution < -0.4 is 4.74 Å². The van der Waals surface area contributed by atoms with Gasteiger partial charge >= 0.3 is 0 Å².